The first kappa shape index (κ1) is 21.7. The lowest BCUT2D eigenvalue weighted by atomic mass is 10.1. The summed E-state index contributed by atoms with van der Waals surface area (Å²) in [7, 11) is -3.46. The first-order valence-corrected chi connectivity index (χ1v) is 11.5. The number of guanidine groups is 1. The first-order valence-electron chi connectivity index (χ1n) is 10.1. The number of piperidine rings is 1. The molecule has 1 saturated heterocycles. The average molecular weight is 395 g/mol. The minimum Gasteiger partial charge on any atom is -0.357 e. The summed E-state index contributed by atoms with van der Waals surface area (Å²) in [5.41, 5.74) is 0.740. The van der Waals surface area contributed by atoms with E-state index in [9.17, 15) is 8.42 Å². The molecule has 1 aliphatic heterocycles. The molecule has 1 aromatic carbocycles. The lowest BCUT2D eigenvalue weighted by Gasteiger charge is -2.26. The van der Waals surface area contributed by atoms with E-state index in [1.165, 1.54) is 0 Å². The molecule has 0 spiro atoms. The lowest BCUT2D eigenvalue weighted by Crippen LogP contribution is -2.38. The molecule has 0 atom stereocenters. The van der Waals surface area contributed by atoms with E-state index in [0.717, 1.165) is 50.3 Å². The molecule has 0 amide bonds. The summed E-state index contributed by atoms with van der Waals surface area (Å²) in [5, 5.41) is 6.55. The molecule has 0 bridgehead atoms. The monoisotopic (exact) mass is 394 g/mol. The van der Waals surface area contributed by atoms with Crippen molar-refractivity contribution in [3.05, 3.63) is 29.8 Å². The minimum absolute atomic E-state index is 0.334. The fourth-order valence-corrected chi connectivity index (χ4v) is 4.85. The van der Waals surface area contributed by atoms with E-state index in [4.69, 9.17) is 0 Å². The highest BCUT2D eigenvalue weighted by molar-refractivity contribution is 7.89. The van der Waals surface area contributed by atoms with Crippen molar-refractivity contribution >= 4 is 16.0 Å². The van der Waals surface area contributed by atoms with Gasteiger partial charge in [0.25, 0.3) is 0 Å². The molecule has 1 aromatic rings. The van der Waals surface area contributed by atoms with E-state index in [0.29, 0.717) is 30.4 Å². The number of benzene rings is 1. The molecule has 1 fully saturated rings. The fourth-order valence-electron chi connectivity index (χ4n) is 3.12. The molecule has 0 aromatic heterocycles. The van der Waals surface area contributed by atoms with Crippen LogP contribution in [0.25, 0.3) is 0 Å². The summed E-state index contributed by atoms with van der Waals surface area (Å²) in [6.07, 6.45) is 4.03. The molecular formula is C20H34N4O2S. The average Bonchev–Trinajstić information content (AvgIpc) is 2.66. The van der Waals surface area contributed by atoms with Crippen LogP contribution in [-0.4, -0.2) is 44.9 Å². The van der Waals surface area contributed by atoms with Crippen LogP contribution in [0.15, 0.2) is 34.2 Å². The third-order valence-corrected chi connectivity index (χ3v) is 6.67. The van der Waals surface area contributed by atoms with Crippen molar-refractivity contribution in [1.82, 2.24) is 14.9 Å². The summed E-state index contributed by atoms with van der Waals surface area (Å²) in [4.78, 5) is 4.99. The molecule has 1 aliphatic rings. The fraction of sp³-hybridized carbons (Fsp3) is 0.650. The van der Waals surface area contributed by atoms with Gasteiger partial charge in [-0.1, -0.05) is 38.5 Å². The van der Waals surface area contributed by atoms with E-state index < -0.39 is 10.0 Å². The molecule has 0 saturated carbocycles. The summed E-state index contributed by atoms with van der Waals surface area (Å²) in [6, 6.07) is 7.22. The Hall–Kier alpha value is -1.60. The number of rotatable bonds is 8. The van der Waals surface area contributed by atoms with Crippen molar-refractivity contribution in [2.24, 2.45) is 10.9 Å². The van der Waals surface area contributed by atoms with E-state index in [2.05, 4.69) is 29.5 Å². The van der Waals surface area contributed by atoms with Gasteiger partial charge in [-0.15, -0.1) is 0 Å². The number of hydrogen-bond acceptors (Lipinski definition) is 3. The molecule has 2 N–H and O–H groups in total. The van der Waals surface area contributed by atoms with Crippen LogP contribution in [0.3, 0.4) is 0 Å². The van der Waals surface area contributed by atoms with Crippen molar-refractivity contribution in [3.63, 3.8) is 0 Å². The summed E-state index contributed by atoms with van der Waals surface area (Å²) < 4.78 is 27.8. The van der Waals surface area contributed by atoms with Crippen LogP contribution in [0.2, 0.25) is 0 Å². The topological polar surface area (TPSA) is 73.8 Å². The molecule has 6 nitrogen and oxygen atoms in total. The number of hydrogen-bond donors (Lipinski definition) is 2. The van der Waals surface area contributed by atoms with Gasteiger partial charge in [-0.05, 0) is 43.7 Å². The second-order valence-electron chi connectivity index (χ2n) is 7.38. The van der Waals surface area contributed by atoms with Crippen LogP contribution in [0.4, 0.5) is 0 Å². The van der Waals surface area contributed by atoms with Crippen molar-refractivity contribution in [3.8, 4) is 0 Å². The summed E-state index contributed by atoms with van der Waals surface area (Å²) >= 11 is 0. The van der Waals surface area contributed by atoms with Crippen LogP contribution < -0.4 is 10.6 Å². The maximum absolute atomic E-state index is 13.1. The maximum atomic E-state index is 13.1. The van der Waals surface area contributed by atoms with Gasteiger partial charge in [0.05, 0.1) is 11.4 Å². The zero-order chi connectivity index (χ0) is 19.7. The molecule has 2 rings (SSSR count). The van der Waals surface area contributed by atoms with E-state index in [1.54, 1.807) is 16.4 Å². The van der Waals surface area contributed by atoms with Crippen molar-refractivity contribution in [1.29, 1.82) is 0 Å². The van der Waals surface area contributed by atoms with Crippen molar-refractivity contribution < 1.29 is 8.42 Å². The van der Waals surface area contributed by atoms with Crippen LogP contribution in [0.1, 0.15) is 52.0 Å². The highest BCUT2D eigenvalue weighted by Gasteiger charge is 2.27. The maximum Gasteiger partial charge on any atom is 0.243 e. The van der Waals surface area contributed by atoms with Gasteiger partial charge in [-0.2, -0.15) is 4.31 Å². The smallest absolute Gasteiger partial charge is 0.243 e. The molecule has 0 aliphatic carbocycles. The van der Waals surface area contributed by atoms with Gasteiger partial charge < -0.3 is 10.6 Å². The number of aliphatic imine (C=N–C) groups is 1. The lowest BCUT2D eigenvalue weighted by molar-refractivity contribution is 0.346. The molecule has 0 radical (unpaired) electrons. The van der Waals surface area contributed by atoms with Gasteiger partial charge in [0, 0.05) is 26.2 Å². The Morgan fingerprint density at radius 2 is 1.85 bits per heavy atom. The standard InChI is InChI=1S/C20H34N4O2S/c1-4-21-20(22-13-12-17(2)3)23-16-18-10-6-7-11-19(18)27(25,26)24-14-8-5-9-15-24/h6-7,10-11,17H,4-5,8-9,12-16H2,1-3H3,(H2,21,22,23). The largest absolute Gasteiger partial charge is 0.357 e. The third kappa shape index (κ3) is 6.50. The van der Waals surface area contributed by atoms with E-state index >= 15 is 0 Å². The zero-order valence-corrected chi connectivity index (χ0v) is 17.7. The number of nitrogens with zero attached hydrogens (tertiary/aromatic N) is 2. The molecule has 0 unspecified atom stereocenters. The Morgan fingerprint density at radius 1 is 1.15 bits per heavy atom. The van der Waals surface area contributed by atoms with Crippen LogP contribution in [0, 0.1) is 5.92 Å². The molecule has 27 heavy (non-hydrogen) atoms. The number of nitrogens with one attached hydrogen (secondary N) is 2. The first-order chi connectivity index (χ1) is 12.9. The predicted octanol–water partition coefficient (Wildman–Crippen LogP) is 2.96. The Morgan fingerprint density at radius 3 is 2.52 bits per heavy atom. The Labute approximate surface area is 164 Å². The zero-order valence-electron chi connectivity index (χ0n) is 16.9. The predicted molar refractivity (Wildman–Crippen MR) is 111 cm³/mol. The third-order valence-electron chi connectivity index (χ3n) is 4.67. The van der Waals surface area contributed by atoms with Gasteiger partial charge in [-0.3, -0.25) is 0 Å². The van der Waals surface area contributed by atoms with Crippen molar-refractivity contribution in [2.45, 2.75) is 57.9 Å². The second kappa shape index (κ2) is 10.7. The molecule has 7 heteroatoms. The van der Waals surface area contributed by atoms with Crippen molar-refractivity contribution in [2.75, 3.05) is 26.2 Å². The van der Waals surface area contributed by atoms with Gasteiger partial charge in [0.2, 0.25) is 10.0 Å². The van der Waals surface area contributed by atoms with Gasteiger partial charge >= 0.3 is 0 Å². The quantitative estimate of drug-likeness (QED) is 0.525. The van der Waals surface area contributed by atoms with E-state index in [1.807, 2.05) is 19.1 Å². The van der Waals surface area contributed by atoms with Crippen LogP contribution in [-0.2, 0) is 16.6 Å². The molecule has 1 heterocycles. The summed E-state index contributed by atoms with van der Waals surface area (Å²) in [5.74, 6) is 1.35. The Kier molecular flexibility index (Phi) is 8.57. The molecule has 152 valence electrons. The van der Waals surface area contributed by atoms with Crippen LogP contribution in [0.5, 0.6) is 0 Å². The van der Waals surface area contributed by atoms with E-state index in [-0.39, 0.29) is 0 Å². The van der Waals surface area contributed by atoms with Gasteiger partial charge in [0.15, 0.2) is 5.96 Å². The second-order valence-corrected chi connectivity index (χ2v) is 9.28. The molecular weight excluding hydrogens is 360 g/mol. The highest BCUT2D eigenvalue weighted by atomic mass is 32.2. The van der Waals surface area contributed by atoms with Crippen LogP contribution >= 0.6 is 0 Å². The Bertz CT molecular complexity index is 710. The van der Waals surface area contributed by atoms with Gasteiger partial charge in [-0.25, -0.2) is 13.4 Å². The minimum atomic E-state index is -3.46. The van der Waals surface area contributed by atoms with Gasteiger partial charge in [0.1, 0.15) is 0 Å². The highest BCUT2D eigenvalue weighted by Crippen LogP contribution is 2.24. The SMILES string of the molecule is CCNC(=NCc1ccccc1S(=O)(=O)N1CCCCC1)NCCC(C)C. The normalized spacial score (nSPS) is 16.5. The Balaban J connectivity index is 2.15. The summed E-state index contributed by atoms with van der Waals surface area (Å²) in [6.45, 7) is 9.56. The number of sulfonamides is 1.